The van der Waals surface area contributed by atoms with E-state index in [0.717, 1.165) is 24.8 Å². The molecule has 0 bridgehead atoms. The molecular weight excluding hydrogens is 490 g/mol. The second-order valence-corrected chi connectivity index (χ2v) is 10.6. The fourth-order valence-electron chi connectivity index (χ4n) is 4.65. The average molecular weight is 534 g/mol. The molecule has 2 aromatic carbocycles. The molecule has 7 nitrogen and oxygen atoms in total. The fourth-order valence-corrected chi connectivity index (χ4v) is 4.65. The summed E-state index contributed by atoms with van der Waals surface area (Å²) in [6.45, 7) is 10.8. The summed E-state index contributed by atoms with van der Waals surface area (Å²) in [5.74, 6) is -0.420. The topological polar surface area (TPSA) is 87.7 Å². The summed E-state index contributed by atoms with van der Waals surface area (Å²) in [6, 6.07) is 14.1. The van der Waals surface area contributed by atoms with Crippen LogP contribution in [0.3, 0.4) is 0 Å². The van der Waals surface area contributed by atoms with Crippen LogP contribution in [0.1, 0.15) is 94.2 Å². The zero-order valence-corrected chi connectivity index (χ0v) is 24.0. The molecule has 210 valence electrons. The van der Waals surface area contributed by atoms with Crippen molar-refractivity contribution in [1.29, 1.82) is 0 Å². The second kappa shape index (κ2) is 14.5. The van der Waals surface area contributed by atoms with E-state index in [-0.39, 0.29) is 17.9 Å². The van der Waals surface area contributed by atoms with E-state index in [9.17, 15) is 14.4 Å². The molecule has 1 aliphatic rings. The van der Waals surface area contributed by atoms with Crippen LogP contribution in [0, 0.1) is 5.92 Å². The number of nitrogens with one attached hydrogen (secondary N) is 2. The highest BCUT2D eigenvalue weighted by Gasteiger charge is 2.36. The van der Waals surface area contributed by atoms with Gasteiger partial charge in [-0.15, -0.1) is 0 Å². The first-order valence-electron chi connectivity index (χ1n) is 14.2. The monoisotopic (exact) mass is 533 g/mol. The van der Waals surface area contributed by atoms with Crippen molar-refractivity contribution in [3.8, 4) is 0 Å². The van der Waals surface area contributed by atoms with Gasteiger partial charge >= 0.3 is 12.0 Å². The molecule has 0 spiro atoms. The molecule has 0 saturated carbocycles. The predicted octanol–water partition coefficient (Wildman–Crippen LogP) is 7.01. The van der Waals surface area contributed by atoms with Crippen molar-refractivity contribution in [2.75, 3.05) is 18.5 Å². The van der Waals surface area contributed by atoms with Crippen LogP contribution in [0.4, 0.5) is 10.5 Å². The molecule has 3 rings (SSSR count). The molecule has 1 aliphatic heterocycles. The van der Waals surface area contributed by atoms with Gasteiger partial charge < -0.3 is 15.4 Å². The summed E-state index contributed by atoms with van der Waals surface area (Å²) in [5, 5.41) is 5.91. The van der Waals surface area contributed by atoms with Crippen molar-refractivity contribution < 1.29 is 19.1 Å². The Hall–Kier alpha value is -3.61. The third kappa shape index (κ3) is 8.19. The van der Waals surface area contributed by atoms with Gasteiger partial charge in [-0.05, 0) is 67.5 Å². The van der Waals surface area contributed by atoms with Crippen LogP contribution in [0.5, 0.6) is 0 Å². The van der Waals surface area contributed by atoms with Crippen molar-refractivity contribution in [3.63, 3.8) is 0 Å². The summed E-state index contributed by atoms with van der Waals surface area (Å²) >= 11 is 0. The Morgan fingerprint density at radius 3 is 2.28 bits per heavy atom. The summed E-state index contributed by atoms with van der Waals surface area (Å²) in [7, 11) is 0. The number of amides is 3. The van der Waals surface area contributed by atoms with E-state index < -0.39 is 12.0 Å². The molecule has 1 heterocycles. The summed E-state index contributed by atoms with van der Waals surface area (Å²) in [4.78, 5) is 40.4. The van der Waals surface area contributed by atoms with E-state index in [0.29, 0.717) is 35.7 Å². The number of allylic oxidation sites excluding steroid dienone is 1. The lowest BCUT2D eigenvalue weighted by Gasteiger charge is -2.35. The predicted molar refractivity (Wildman–Crippen MR) is 155 cm³/mol. The molecule has 0 aliphatic carbocycles. The van der Waals surface area contributed by atoms with E-state index in [1.807, 2.05) is 57.2 Å². The molecule has 2 N–H and O–H groups in total. The first kappa shape index (κ1) is 29.9. The number of anilines is 1. The van der Waals surface area contributed by atoms with Gasteiger partial charge in [0.05, 0.1) is 18.2 Å². The Morgan fingerprint density at radius 1 is 0.974 bits per heavy atom. The number of carbonyl (C=O) groups is 3. The van der Waals surface area contributed by atoms with Gasteiger partial charge in [0.25, 0.3) is 5.91 Å². The van der Waals surface area contributed by atoms with Crippen molar-refractivity contribution in [2.45, 2.75) is 79.2 Å². The maximum absolute atomic E-state index is 13.1. The molecular formula is C32H43N3O4. The molecule has 0 radical (unpaired) electrons. The molecule has 2 aromatic rings. The molecule has 0 aromatic heterocycles. The lowest BCUT2D eigenvalue weighted by molar-refractivity contribution is -0.140. The highest BCUT2D eigenvalue weighted by atomic mass is 16.5. The molecule has 0 fully saturated rings. The maximum atomic E-state index is 13.1. The van der Waals surface area contributed by atoms with E-state index in [4.69, 9.17) is 4.74 Å². The molecule has 1 unspecified atom stereocenters. The average Bonchev–Trinajstić information content (AvgIpc) is 2.92. The maximum Gasteiger partial charge on any atom is 0.338 e. The first-order valence-corrected chi connectivity index (χ1v) is 14.2. The van der Waals surface area contributed by atoms with Crippen molar-refractivity contribution in [2.24, 2.45) is 5.92 Å². The van der Waals surface area contributed by atoms with Gasteiger partial charge in [-0.3, -0.25) is 9.69 Å². The van der Waals surface area contributed by atoms with Crippen LogP contribution in [0.2, 0.25) is 0 Å². The van der Waals surface area contributed by atoms with Gasteiger partial charge in [-0.25, -0.2) is 9.59 Å². The number of rotatable bonds is 13. The molecule has 39 heavy (non-hydrogen) atoms. The van der Waals surface area contributed by atoms with Crippen LogP contribution >= 0.6 is 0 Å². The third-order valence-electron chi connectivity index (χ3n) is 6.85. The van der Waals surface area contributed by atoms with Crippen LogP contribution in [-0.4, -0.2) is 36.0 Å². The lowest BCUT2D eigenvalue weighted by atomic mass is 9.94. The van der Waals surface area contributed by atoms with Crippen LogP contribution < -0.4 is 10.6 Å². The zero-order valence-electron chi connectivity index (χ0n) is 24.0. The van der Waals surface area contributed by atoms with Crippen LogP contribution in [0.15, 0.2) is 59.8 Å². The molecule has 7 heteroatoms. The van der Waals surface area contributed by atoms with Crippen LogP contribution in [0.25, 0.3) is 0 Å². The zero-order chi connectivity index (χ0) is 28.4. The summed E-state index contributed by atoms with van der Waals surface area (Å²) in [6.07, 6.45) is 6.65. The van der Waals surface area contributed by atoms with Crippen molar-refractivity contribution in [3.05, 3.63) is 76.5 Å². The lowest BCUT2D eigenvalue weighted by Crippen LogP contribution is -2.48. The van der Waals surface area contributed by atoms with Gasteiger partial charge in [-0.2, -0.15) is 0 Å². The second-order valence-electron chi connectivity index (χ2n) is 10.6. The van der Waals surface area contributed by atoms with E-state index in [1.165, 1.54) is 24.8 Å². The van der Waals surface area contributed by atoms with Crippen molar-refractivity contribution >= 4 is 23.6 Å². The summed E-state index contributed by atoms with van der Waals surface area (Å²) < 4.78 is 5.56. The summed E-state index contributed by atoms with van der Waals surface area (Å²) in [5.41, 5.74) is 4.24. The minimum Gasteiger partial charge on any atom is -0.462 e. The number of nitrogens with zero attached hydrogens (tertiary/aromatic N) is 1. The number of hydrogen-bond donors (Lipinski definition) is 2. The number of ether oxygens (including phenoxy) is 1. The SMILES string of the molecule is CCCCCCc1ccc(C(=O)Nc2ccc(C3NC(=O)N(CCC)C(C)=C3C(=O)OCC(C)C)cc2)cc1. The Morgan fingerprint density at radius 2 is 1.67 bits per heavy atom. The quantitative estimate of drug-likeness (QED) is 0.214. The Balaban J connectivity index is 1.73. The van der Waals surface area contributed by atoms with E-state index in [1.54, 1.807) is 24.0 Å². The number of urea groups is 1. The van der Waals surface area contributed by atoms with E-state index in [2.05, 4.69) is 17.6 Å². The molecule has 3 amide bonds. The number of aryl methyl sites for hydroxylation is 1. The largest absolute Gasteiger partial charge is 0.462 e. The first-order chi connectivity index (χ1) is 18.7. The Labute approximate surface area is 233 Å². The fraction of sp³-hybridized carbons (Fsp3) is 0.469. The standard InChI is InChI=1S/C32H43N3O4/c1-6-8-9-10-11-24-12-14-26(15-13-24)30(36)33-27-18-16-25(17-19-27)29-28(31(37)39-21-22(3)4)23(5)35(20-7-2)32(38)34-29/h12-19,22,29H,6-11,20-21H2,1-5H3,(H,33,36)(H,34,38). The number of hydrogen-bond acceptors (Lipinski definition) is 4. The van der Waals surface area contributed by atoms with Crippen molar-refractivity contribution in [1.82, 2.24) is 10.2 Å². The van der Waals surface area contributed by atoms with E-state index >= 15 is 0 Å². The van der Waals surface area contributed by atoms with Gasteiger partial charge in [0, 0.05) is 23.5 Å². The third-order valence-corrected chi connectivity index (χ3v) is 6.85. The Kier molecular flexibility index (Phi) is 11.1. The minimum absolute atomic E-state index is 0.185. The minimum atomic E-state index is -0.639. The number of unbranched alkanes of at least 4 members (excludes halogenated alkanes) is 3. The highest BCUT2D eigenvalue weighted by molar-refractivity contribution is 6.04. The Bertz CT molecular complexity index is 1150. The number of benzene rings is 2. The highest BCUT2D eigenvalue weighted by Crippen LogP contribution is 2.32. The van der Waals surface area contributed by atoms with Gasteiger partial charge in [-0.1, -0.05) is 71.2 Å². The normalized spacial score (nSPS) is 15.4. The number of esters is 1. The van der Waals surface area contributed by atoms with Gasteiger partial charge in [0.15, 0.2) is 0 Å². The smallest absolute Gasteiger partial charge is 0.338 e. The number of carbonyl (C=O) groups excluding carboxylic acids is 3. The van der Waals surface area contributed by atoms with Gasteiger partial charge in [0.1, 0.15) is 0 Å². The van der Waals surface area contributed by atoms with Crippen LogP contribution in [-0.2, 0) is 16.0 Å². The molecule has 1 atom stereocenters. The van der Waals surface area contributed by atoms with Gasteiger partial charge in [0.2, 0.25) is 0 Å². The molecule has 0 saturated heterocycles.